The van der Waals surface area contributed by atoms with Crippen molar-refractivity contribution in [2.45, 2.75) is 38.5 Å². The van der Waals surface area contributed by atoms with Gasteiger partial charge < -0.3 is 9.80 Å². The molecule has 3 nitrogen and oxygen atoms in total. The third kappa shape index (κ3) is 2.90. The Balaban J connectivity index is 2.00. The van der Waals surface area contributed by atoms with Crippen LogP contribution >= 0.6 is 12.6 Å². The van der Waals surface area contributed by atoms with Crippen molar-refractivity contribution in [2.75, 3.05) is 32.4 Å². The van der Waals surface area contributed by atoms with Crippen LogP contribution in [0.2, 0.25) is 0 Å². The molecule has 1 heterocycles. The number of urea groups is 1. The van der Waals surface area contributed by atoms with Gasteiger partial charge in [-0.25, -0.2) is 4.79 Å². The van der Waals surface area contributed by atoms with Crippen molar-refractivity contribution in [1.29, 1.82) is 0 Å². The summed E-state index contributed by atoms with van der Waals surface area (Å²) in [6, 6.07) is 0.204. The fourth-order valence-electron chi connectivity index (χ4n) is 3.10. The van der Waals surface area contributed by atoms with Crippen LogP contribution in [0.3, 0.4) is 0 Å². The molecule has 0 bridgehead atoms. The van der Waals surface area contributed by atoms with Gasteiger partial charge in [0.2, 0.25) is 0 Å². The summed E-state index contributed by atoms with van der Waals surface area (Å²) in [7, 11) is 1.89. The van der Waals surface area contributed by atoms with E-state index < -0.39 is 0 Å². The van der Waals surface area contributed by atoms with Crippen LogP contribution in [0.5, 0.6) is 0 Å². The largest absolute Gasteiger partial charge is 0.326 e. The molecule has 2 aliphatic rings. The van der Waals surface area contributed by atoms with E-state index >= 15 is 0 Å². The van der Waals surface area contributed by atoms with Crippen molar-refractivity contribution in [3.05, 3.63) is 0 Å². The van der Waals surface area contributed by atoms with Crippen LogP contribution in [-0.2, 0) is 0 Å². The van der Waals surface area contributed by atoms with Crippen LogP contribution in [0.1, 0.15) is 38.5 Å². The summed E-state index contributed by atoms with van der Waals surface area (Å²) in [5.41, 5.74) is 0.278. The Morgan fingerprint density at radius 3 is 2.29 bits per heavy atom. The Labute approximate surface area is 110 Å². The Morgan fingerprint density at radius 1 is 1.18 bits per heavy atom. The minimum Gasteiger partial charge on any atom is -0.326 e. The third-order valence-corrected chi connectivity index (χ3v) is 5.00. The predicted octanol–water partition coefficient (Wildman–Crippen LogP) is 2.62. The summed E-state index contributed by atoms with van der Waals surface area (Å²) in [5.74, 6) is 0.917. The number of hydrogen-bond donors (Lipinski definition) is 1. The fraction of sp³-hybridized carbons (Fsp3) is 0.923. The molecular weight excluding hydrogens is 232 g/mol. The van der Waals surface area contributed by atoms with Crippen LogP contribution in [0.15, 0.2) is 0 Å². The van der Waals surface area contributed by atoms with E-state index in [1.807, 2.05) is 16.8 Å². The number of amides is 2. The van der Waals surface area contributed by atoms with Gasteiger partial charge in [-0.05, 0) is 24.0 Å². The molecule has 0 aromatic rings. The van der Waals surface area contributed by atoms with Crippen molar-refractivity contribution in [1.82, 2.24) is 9.80 Å². The van der Waals surface area contributed by atoms with E-state index in [1.54, 1.807) is 0 Å². The van der Waals surface area contributed by atoms with Gasteiger partial charge in [0.15, 0.2) is 0 Å². The Bertz CT molecular complexity index is 275. The minimum absolute atomic E-state index is 0.204. The van der Waals surface area contributed by atoms with Crippen LogP contribution < -0.4 is 0 Å². The summed E-state index contributed by atoms with van der Waals surface area (Å²) < 4.78 is 0. The summed E-state index contributed by atoms with van der Waals surface area (Å²) in [5, 5.41) is 0. The van der Waals surface area contributed by atoms with E-state index in [4.69, 9.17) is 0 Å². The number of likely N-dealkylation sites (N-methyl/N-ethyl adjacent to an activating group) is 1. The van der Waals surface area contributed by atoms with Gasteiger partial charge in [-0.15, -0.1) is 0 Å². The van der Waals surface area contributed by atoms with Gasteiger partial charge in [0.25, 0.3) is 0 Å². The number of hydrogen-bond acceptors (Lipinski definition) is 2. The standard InChI is InChI=1S/C13H24N2OS/c1-14-8-9-15(12(14)16)10-13(11-17)6-4-2-3-5-7-13/h17H,2-11H2,1H3. The van der Waals surface area contributed by atoms with Gasteiger partial charge in [-0.2, -0.15) is 12.6 Å². The third-order valence-electron chi connectivity index (χ3n) is 4.33. The SMILES string of the molecule is CN1CCN(CC2(CS)CCCCCC2)C1=O. The first-order chi connectivity index (χ1) is 8.17. The Hall–Kier alpha value is -0.380. The van der Waals surface area contributed by atoms with E-state index in [2.05, 4.69) is 12.6 Å². The number of rotatable bonds is 3. The summed E-state index contributed by atoms with van der Waals surface area (Å²) in [6.45, 7) is 2.69. The highest BCUT2D eigenvalue weighted by atomic mass is 32.1. The monoisotopic (exact) mass is 256 g/mol. The van der Waals surface area contributed by atoms with Crippen LogP contribution in [0, 0.1) is 5.41 Å². The minimum atomic E-state index is 0.204. The second-order valence-electron chi connectivity index (χ2n) is 5.70. The molecule has 1 aliphatic carbocycles. The zero-order chi connectivity index (χ0) is 12.3. The van der Waals surface area contributed by atoms with Crippen LogP contribution in [-0.4, -0.2) is 48.3 Å². The molecular formula is C13H24N2OS. The van der Waals surface area contributed by atoms with Gasteiger partial charge in [-0.1, -0.05) is 25.7 Å². The normalized spacial score (nSPS) is 25.2. The summed E-state index contributed by atoms with van der Waals surface area (Å²) in [4.78, 5) is 15.8. The second-order valence-corrected chi connectivity index (χ2v) is 6.01. The molecule has 0 aromatic carbocycles. The van der Waals surface area contributed by atoms with E-state index in [0.717, 1.165) is 25.4 Å². The van der Waals surface area contributed by atoms with E-state index in [9.17, 15) is 4.79 Å². The Morgan fingerprint density at radius 2 is 1.82 bits per heavy atom. The van der Waals surface area contributed by atoms with Crippen LogP contribution in [0.4, 0.5) is 4.79 Å². The molecule has 2 rings (SSSR count). The molecule has 1 saturated carbocycles. The zero-order valence-electron chi connectivity index (χ0n) is 10.8. The van der Waals surface area contributed by atoms with Crippen LogP contribution in [0.25, 0.3) is 0 Å². The first kappa shape index (κ1) is 13.1. The molecule has 1 saturated heterocycles. The summed E-state index contributed by atoms with van der Waals surface area (Å²) >= 11 is 4.57. The topological polar surface area (TPSA) is 23.6 Å². The highest BCUT2D eigenvalue weighted by molar-refractivity contribution is 7.80. The average Bonchev–Trinajstić information content (AvgIpc) is 2.59. The van der Waals surface area contributed by atoms with E-state index in [0.29, 0.717) is 0 Å². The zero-order valence-corrected chi connectivity index (χ0v) is 11.7. The lowest BCUT2D eigenvalue weighted by Crippen LogP contribution is -2.41. The maximum atomic E-state index is 11.9. The van der Waals surface area contributed by atoms with Crippen molar-refractivity contribution in [3.8, 4) is 0 Å². The quantitative estimate of drug-likeness (QED) is 0.609. The number of thiol groups is 1. The lowest BCUT2D eigenvalue weighted by atomic mass is 9.82. The first-order valence-electron chi connectivity index (χ1n) is 6.78. The molecule has 0 aromatic heterocycles. The number of carbonyl (C=O) groups excluding carboxylic acids is 1. The van der Waals surface area contributed by atoms with Crippen molar-refractivity contribution in [3.63, 3.8) is 0 Å². The van der Waals surface area contributed by atoms with Gasteiger partial charge >= 0.3 is 6.03 Å². The van der Waals surface area contributed by atoms with Gasteiger partial charge in [-0.3, -0.25) is 0 Å². The van der Waals surface area contributed by atoms with Crippen molar-refractivity contribution in [2.24, 2.45) is 5.41 Å². The van der Waals surface area contributed by atoms with E-state index in [1.165, 1.54) is 38.5 Å². The molecule has 4 heteroatoms. The molecule has 0 unspecified atom stereocenters. The maximum Gasteiger partial charge on any atom is 0.319 e. The fourth-order valence-corrected chi connectivity index (χ4v) is 3.52. The molecule has 0 N–H and O–H groups in total. The predicted molar refractivity (Wildman–Crippen MR) is 73.6 cm³/mol. The van der Waals surface area contributed by atoms with Crippen molar-refractivity contribution >= 4 is 18.7 Å². The molecule has 2 fully saturated rings. The molecule has 17 heavy (non-hydrogen) atoms. The average molecular weight is 256 g/mol. The molecule has 0 spiro atoms. The van der Waals surface area contributed by atoms with Gasteiger partial charge in [0, 0.05) is 26.7 Å². The van der Waals surface area contributed by atoms with Gasteiger partial charge in [0.05, 0.1) is 0 Å². The highest BCUT2D eigenvalue weighted by Gasteiger charge is 2.36. The van der Waals surface area contributed by atoms with Crippen molar-refractivity contribution < 1.29 is 4.79 Å². The second kappa shape index (κ2) is 5.51. The molecule has 0 radical (unpaired) electrons. The lowest BCUT2D eigenvalue weighted by molar-refractivity contribution is 0.162. The molecule has 2 amide bonds. The lowest BCUT2D eigenvalue weighted by Gasteiger charge is -2.35. The number of nitrogens with zero attached hydrogens (tertiary/aromatic N) is 2. The van der Waals surface area contributed by atoms with E-state index in [-0.39, 0.29) is 11.4 Å². The summed E-state index contributed by atoms with van der Waals surface area (Å²) in [6.07, 6.45) is 7.79. The Kier molecular flexibility index (Phi) is 4.23. The number of carbonyl (C=O) groups is 1. The maximum absolute atomic E-state index is 11.9. The molecule has 1 aliphatic heterocycles. The first-order valence-corrected chi connectivity index (χ1v) is 7.41. The smallest absolute Gasteiger partial charge is 0.319 e. The molecule has 0 atom stereocenters. The highest BCUT2D eigenvalue weighted by Crippen LogP contribution is 2.37. The molecule has 98 valence electrons. The van der Waals surface area contributed by atoms with Gasteiger partial charge in [0.1, 0.15) is 0 Å².